The van der Waals surface area contributed by atoms with Crippen molar-refractivity contribution in [1.82, 2.24) is 19.6 Å². The van der Waals surface area contributed by atoms with Crippen molar-refractivity contribution in [3.63, 3.8) is 0 Å². The first-order chi connectivity index (χ1) is 16.2. The van der Waals surface area contributed by atoms with Crippen molar-refractivity contribution in [2.24, 2.45) is 0 Å². The van der Waals surface area contributed by atoms with Gasteiger partial charge in [-0.3, -0.25) is 14.2 Å². The van der Waals surface area contributed by atoms with Crippen LogP contribution in [0.5, 0.6) is 0 Å². The SMILES string of the molecule is C.C.Cc1nn(Cc2ccccc2)cc1C(O)C(F)(F)F.Cc1nn(Cc2ccccc2)cc1C=O. The molecule has 6 nitrogen and oxygen atoms in total. The van der Waals surface area contributed by atoms with Crippen LogP contribution in [0.2, 0.25) is 0 Å². The Hall–Kier alpha value is -3.72. The van der Waals surface area contributed by atoms with Gasteiger partial charge in [-0.1, -0.05) is 75.5 Å². The van der Waals surface area contributed by atoms with E-state index in [0.717, 1.165) is 17.5 Å². The van der Waals surface area contributed by atoms with Crippen LogP contribution in [-0.2, 0) is 13.1 Å². The number of aromatic nitrogens is 4. The number of carbonyl (C=O) groups is 1. The summed E-state index contributed by atoms with van der Waals surface area (Å²) in [5, 5.41) is 17.5. The molecule has 1 atom stereocenters. The van der Waals surface area contributed by atoms with Crippen LogP contribution >= 0.6 is 0 Å². The molecule has 2 aromatic heterocycles. The quantitative estimate of drug-likeness (QED) is 0.321. The number of halogens is 3. The van der Waals surface area contributed by atoms with Crippen LogP contribution in [-0.4, -0.2) is 37.1 Å². The van der Waals surface area contributed by atoms with E-state index in [1.165, 1.54) is 23.4 Å². The molecule has 0 amide bonds. The molecule has 4 aromatic rings. The lowest BCUT2D eigenvalue weighted by atomic mass is 10.1. The molecule has 0 radical (unpaired) electrons. The molecule has 0 saturated carbocycles. The number of benzene rings is 2. The topological polar surface area (TPSA) is 72.9 Å². The summed E-state index contributed by atoms with van der Waals surface area (Å²) in [7, 11) is 0. The number of aryl methyl sites for hydroxylation is 2. The minimum absolute atomic E-state index is 0. The molecule has 194 valence electrons. The van der Waals surface area contributed by atoms with E-state index in [9.17, 15) is 23.1 Å². The second kappa shape index (κ2) is 13.4. The summed E-state index contributed by atoms with van der Waals surface area (Å²) in [6.07, 6.45) is -3.32. The molecule has 0 spiro atoms. The summed E-state index contributed by atoms with van der Waals surface area (Å²) in [5.41, 5.74) is 3.52. The van der Waals surface area contributed by atoms with Gasteiger partial charge in [0, 0.05) is 18.0 Å². The Bertz CT molecular complexity index is 1200. The normalized spacial score (nSPS) is 11.4. The highest BCUT2D eigenvalue weighted by Gasteiger charge is 2.41. The second-order valence-corrected chi connectivity index (χ2v) is 7.77. The van der Waals surface area contributed by atoms with Gasteiger partial charge in [-0.2, -0.15) is 23.4 Å². The van der Waals surface area contributed by atoms with Crippen molar-refractivity contribution >= 4 is 6.29 Å². The Morgan fingerprint density at radius 2 is 1.28 bits per heavy atom. The molecule has 0 aliphatic heterocycles. The first kappa shape index (κ1) is 30.3. The number of aliphatic hydroxyl groups excluding tert-OH is 1. The summed E-state index contributed by atoms with van der Waals surface area (Å²) in [6, 6.07) is 19.3. The fourth-order valence-corrected chi connectivity index (χ4v) is 3.33. The predicted molar refractivity (Wildman–Crippen MR) is 135 cm³/mol. The minimum Gasteiger partial charge on any atom is -0.379 e. The molecule has 36 heavy (non-hydrogen) atoms. The highest BCUT2D eigenvalue weighted by atomic mass is 19.4. The minimum atomic E-state index is -4.68. The smallest absolute Gasteiger partial charge is 0.379 e. The third kappa shape index (κ3) is 8.20. The van der Waals surface area contributed by atoms with Gasteiger partial charge in [-0.25, -0.2) is 0 Å². The molecule has 9 heteroatoms. The molecule has 0 aliphatic carbocycles. The Morgan fingerprint density at radius 3 is 1.69 bits per heavy atom. The van der Waals surface area contributed by atoms with Gasteiger partial charge in [0.2, 0.25) is 0 Å². The van der Waals surface area contributed by atoms with Gasteiger partial charge in [0.05, 0.1) is 30.0 Å². The zero-order chi connectivity index (χ0) is 24.7. The lowest BCUT2D eigenvalue weighted by Gasteiger charge is -2.13. The largest absolute Gasteiger partial charge is 0.418 e. The molecular weight excluding hydrogens is 469 g/mol. The Morgan fingerprint density at radius 1 is 0.833 bits per heavy atom. The van der Waals surface area contributed by atoms with Crippen molar-refractivity contribution < 1.29 is 23.1 Å². The molecule has 0 bridgehead atoms. The fraction of sp³-hybridized carbons (Fsp3) is 0.296. The van der Waals surface area contributed by atoms with Crippen LogP contribution in [0.25, 0.3) is 0 Å². The number of hydrogen-bond donors (Lipinski definition) is 1. The number of rotatable bonds is 6. The monoisotopic (exact) mass is 502 g/mol. The molecule has 0 saturated heterocycles. The van der Waals surface area contributed by atoms with E-state index in [-0.39, 0.29) is 26.1 Å². The van der Waals surface area contributed by atoms with Crippen LogP contribution in [0.15, 0.2) is 73.1 Å². The van der Waals surface area contributed by atoms with Crippen molar-refractivity contribution in [2.75, 3.05) is 0 Å². The number of hydrogen-bond acceptors (Lipinski definition) is 4. The average Bonchev–Trinajstić information content (AvgIpc) is 3.35. The lowest BCUT2D eigenvalue weighted by Crippen LogP contribution is -2.20. The standard InChI is InChI=1S/C13H13F3N2O.C12H12N2O.2CH4/c1-9-11(12(19)13(14,15)16)8-18(17-9)7-10-5-3-2-4-6-10;1-10-12(9-15)8-14(13-10)7-11-5-3-2-4-6-11;;/h2-6,8,12,19H,7H2,1H3;2-6,8-9H,7H2,1H3;2*1H4. The molecular formula is C27H33F3N4O2. The number of aliphatic hydroxyl groups is 1. The zero-order valence-corrected chi connectivity index (χ0v) is 18.8. The number of alkyl halides is 3. The van der Waals surface area contributed by atoms with Crippen molar-refractivity contribution in [3.05, 3.63) is 107 Å². The van der Waals surface area contributed by atoms with Gasteiger partial charge < -0.3 is 5.11 Å². The van der Waals surface area contributed by atoms with Gasteiger partial charge in [-0.15, -0.1) is 0 Å². The van der Waals surface area contributed by atoms with E-state index in [4.69, 9.17) is 0 Å². The third-order valence-corrected chi connectivity index (χ3v) is 5.08. The van der Waals surface area contributed by atoms with Gasteiger partial charge in [0.1, 0.15) is 0 Å². The van der Waals surface area contributed by atoms with E-state index in [2.05, 4.69) is 10.2 Å². The maximum atomic E-state index is 12.5. The van der Waals surface area contributed by atoms with E-state index in [1.807, 2.05) is 67.6 Å². The van der Waals surface area contributed by atoms with Crippen LogP contribution in [0.1, 0.15) is 59.4 Å². The van der Waals surface area contributed by atoms with Gasteiger partial charge in [0.15, 0.2) is 12.4 Å². The van der Waals surface area contributed by atoms with E-state index in [1.54, 1.807) is 10.9 Å². The molecule has 1 unspecified atom stereocenters. The Kier molecular flexibility index (Phi) is 11.3. The van der Waals surface area contributed by atoms with Crippen molar-refractivity contribution in [1.29, 1.82) is 0 Å². The molecule has 1 N–H and O–H groups in total. The first-order valence-electron chi connectivity index (χ1n) is 10.5. The van der Waals surface area contributed by atoms with E-state index >= 15 is 0 Å². The predicted octanol–water partition coefficient (Wildman–Crippen LogP) is 6.16. The van der Waals surface area contributed by atoms with Crippen LogP contribution < -0.4 is 0 Å². The maximum Gasteiger partial charge on any atom is 0.418 e. The molecule has 2 heterocycles. The number of carbonyl (C=O) groups excluding carboxylic acids is 1. The average molecular weight is 503 g/mol. The van der Waals surface area contributed by atoms with E-state index < -0.39 is 12.3 Å². The maximum absolute atomic E-state index is 12.5. The number of aldehydes is 1. The van der Waals surface area contributed by atoms with Gasteiger partial charge in [0.25, 0.3) is 0 Å². The summed E-state index contributed by atoms with van der Waals surface area (Å²) < 4.78 is 40.6. The second-order valence-electron chi connectivity index (χ2n) is 7.77. The summed E-state index contributed by atoms with van der Waals surface area (Å²) in [6.45, 7) is 4.36. The van der Waals surface area contributed by atoms with Gasteiger partial charge >= 0.3 is 6.18 Å². The summed E-state index contributed by atoms with van der Waals surface area (Å²) in [5.74, 6) is 0. The van der Waals surface area contributed by atoms with Crippen molar-refractivity contribution in [2.45, 2.75) is 54.1 Å². The Labute approximate surface area is 210 Å². The number of nitrogens with zero attached hydrogens (tertiary/aromatic N) is 4. The van der Waals surface area contributed by atoms with Crippen molar-refractivity contribution in [3.8, 4) is 0 Å². The van der Waals surface area contributed by atoms with Crippen LogP contribution in [0, 0.1) is 13.8 Å². The van der Waals surface area contributed by atoms with E-state index in [0.29, 0.717) is 18.7 Å². The molecule has 0 fully saturated rings. The highest BCUT2D eigenvalue weighted by Crippen LogP contribution is 2.33. The third-order valence-electron chi connectivity index (χ3n) is 5.08. The molecule has 0 aliphatic rings. The Balaban J connectivity index is 0.000000349. The van der Waals surface area contributed by atoms with Gasteiger partial charge in [-0.05, 0) is 25.0 Å². The van der Waals surface area contributed by atoms with Crippen LogP contribution in [0.3, 0.4) is 0 Å². The molecule has 4 rings (SSSR count). The highest BCUT2D eigenvalue weighted by molar-refractivity contribution is 5.75. The zero-order valence-electron chi connectivity index (χ0n) is 18.8. The summed E-state index contributed by atoms with van der Waals surface area (Å²) in [4.78, 5) is 10.6. The summed E-state index contributed by atoms with van der Waals surface area (Å²) >= 11 is 0. The molecule has 2 aromatic carbocycles. The van der Waals surface area contributed by atoms with Crippen LogP contribution in [0.4, 0.5) is 13.2 Å². The fourth-order valence-electron chi connectivity index (χ4n) is 3.33. The first-order valence-corrected chi connectivity index (χ1v) is 10.5. The lowest BCUT2D eigenvalue weighted by molar-refractivity contribution is -0.207.